The Bertz CT molecular complexity index is 649. The molecule has 6 nitrogen and oxygen atoms in total. The summed E-state index contributed by atoms with van der Waals surface area (Å²) in [6.07, 6.45) is 1.29. The Morgan fingerprint density at radius 3 is 2.43 bits per heavy atom. The first-order valence-electron chi connectivity index (χ1n) is 6.25. The summed E-state index contributed by atoms with van der Waals surface area (Å²) in [5, 5.41) is 11.5. The molecule has 1 aromatic carbocycles. The van der Waals surface area contributed by atoms with Crippen molar-refractivity contribution in [2.24, 2.45) is 0 Å². The van der Waals surface area contributed by atoms with Crippen LogP contribution in [0.15, 0.2) is 54.7 Å². The molecule has 0 saturated heterocycles. The van der Waals surface area contributed by atoms with Gasteiger partial charge in [-0.15, -0.1) is 0 Å². The summed E-state index contributed by atoms with van der Waals surface area (Å²) in [6, 6.07) is 12.2. The average molecular weight is 306 g/mol. The second kappa shape index (κ2) is 6.63. The van der Waals surface area contributed by atoms with Gasteiger partial charge in [0.2, 0.25) is 0 Å². The van der Waals surface area contributed by atoms with E-state index in [0.717, 1.165) is 0 Å². The predicted molar refractivity (Wildman–Crippen MR) is 77.7 cm³/mol. The fourth-order valence-corrected chi connectivity index (χ4v) is 3.32. The Morgan fingerprint density at radius 2 is 1.86 bits per heavy atom. The summed E-state index contributed by atoms with van der Waals surface area (Å²) >= 11 is 0. The van der Waals surface area contributed by atoms with Gasteiger partial charge in [-0.25, -0.2) is 5.09 Å². The number of benzene rings is 1. The van der Waals surface area contributed by atoms with Crippen molar-refractivity contribution in [3.63, 3.8) is 0 Å². The number of pyridine rings is 1. The van der Waals surface area contributed by atoms with Crippen molar-refractivity contribution in [1.29, 1.82) is 0 Å². The van der Waals surface area contributed by atoms with Gasteiger partial charge in [0.25, 0.3) is 7.52 Å². The lowest BCUT2D eigenvalue weighted by Gasteiger charge is -2.19. The lowest BCUT2D eigenvalue weighted by Crippen LogP contribution is -2.27. The summed E-state index contributed by atoms with van der Waals surface area (Å²) in [5.41, 5.74) is 0.841. The molecule has 0 amide bonds. The van der Waals surface area contributed by atoms with Gasteiger partial charge >= 0.3 is 5.97 Å². The summed E-state index contributed by atoms with van der Waals surface area (Å²) in [4.78, 5) is 25.2. The predicted octanol–water partition coefficient (Wildman–Crippen LogP) is 2.18. The zero-order chi connectivity index (χ0) is 15.3. The van der Waals surface area contributed by atoms with Crippen LogP contribution in [-0.4, -0.2) is 21.0 Å². The van der Waals surface area contributed by atoms with E-state index in [0.29, 0.717) is 5.56 Å². The van der Waals surface area contributed by atoms with Crippen molar-refractivity contribution in [3.05, 3.63) is 66.0 Å². The molecule has 0 radical (unpaired) electrons. The van der Waals surface area contributed by atoms with Crippen LogP contribution in [0.2, 0.25) is 0 Å². The van der Waals surface area contributed by atoms with Crippen LogP contribution in [0.25, 0.3) is 0 Å². The van der Waals surface area contributed by atoms with Gasteiger partial charge in [0.15, 0.2) is 6.04 Å². The van der Waals surface area contributed by atoms with Crippen molar-refractivity contribution in [3.8, 4) is 0 Å². The van der Waals surface area contributed by atoms with Crippen molar-refractivity contribution >= 4 is 13.5 Å². The van der Waals surface area contributed by atoms with Crippen LogP contribution in [0, 0.1) is 0 Å². The number of carboxylic acid groups (broad SMARTS) is 1. The van der Waals surface area contributed by atoms with Gasteiger partial charge < -0.3 is 10.00 Å². The number of aliphatic carboxylic acids is 1. The highest BCUT2D eigenvalue weighted by atomic mass is 31.2. The number of hydrogen-bond acceptors (Lipinski definition) is 3. The van der Waals surface area contributed by atoms with Crippen molar-refractivity contribution < 1.29 is 19.4 Å². The third-order valence-corrected chi connectivity index (χ3v) is 4.26. The van der Waals surface area contributed by atoms with E-state index < -0.39 is 19.5 Å². The van der Waals surface area contributed by atoms with Crippen LogP contribution < -0.4 is 5.09 Å². The van der Waals surface area contributed by atoms with Crippen molar-refractivity contribution in [2.75, 3.05) is 0 Å². The molecule has 2 unspecified atom stereocenters. The van der Waals surface area contributed by atoms with Crippen molar-refractivity contribution in [2.45, 2.75) is 12.2 Å². The topological polar surface area (TPSA) is 99.5 Å². The van der Waals surface area contributed by atoms with E-state index in [2.05, 4.69) is 10.1 Å². The van der Waals surface area contributed by atoms with Gasteiger partial charge in [-0.1, -0.05) is 36.4 Å². The van der Waals surface area contributed by atoms with Gasteiger partial charge in [-0.05, 0) is 17.7 Å². The normalized spacial score (nSPS) is 15.1. The largest absolute Gasteiger partial charge is 0.480 e. The molecule has 0 saturated carbocycles. The van der Waals surface area contributed by atoms with Crippen LogP contribution in [0.3, 0.4) is 0 Å². The zero-order valence-corrected chi connectivity index (χ0v) is 12.0. The van der Waals surface area contributed by atoms with Gasteiger partial charge in [-0.3, -0.25) is 14.3 Å². The molecular formula is C14H15N2O4P. The minimum absolute atomic E-state index is 0.148. The Balaban J connectivity index is 2.16. The number of carbonyl (C=O) groups is 1. The lowest BCUT2D eigenvalue weighted by atomic mass is 10.2. The van der Waals surface area contributed by atoms with Crippen molar-refractivity contribution in [1.82, 2.24) is 10.1 Å². The Labute approximate surface area is 122 Å². The molecule has 110 valence electrons. The molecule has 2 aromatic rings. The first-order valence-corrected chi connectivity index (χ1v) is 8.10. The molecular weight excluding hydrogens is 291 g/mol. The zero-order valence-electron chi connectivity index (χ0n) is 11.1. The maximum absolute atomic E-state index is 12.2. The monoisotopic (exact) mass is 306 g/mol. The average Bonchev–Trinajstić information content (AvgIpc) is 2.46. The fraction of sp³-hybridized carbons (Fsp3) is 0.143. The molecule has 0 bridgehead atoms. The first-order chi connectivity index (χ1) is 9.98. The van der Waals surface area contributed by atoms with E-state index >= 15 is 0 Å². The van der Waals surface area contributed by atoms with E-state index in [4.69, 9.17) is 0 Å². The quantitative estimate of drug-likeness (QED) is 0.707. The number of hydrogen-bond donors (Lipinski definition) is 3. The van der Waals surface area contributed by atoms with E-state index in [1.807, 2.05) is 0 Å². The molecule has 0 aliphatic carbocycles. The molecule has 0 aliphatic rings. The lowest BCUT2D eigenvalue weighted by molar-refractivity contribution is -0.139. The molecule has 0 fully saturated rings. The van der Waals surface area contributed by atoms with Gasteiger partial charge in [0.1, 0.15) is 0 Å². The van der Waals surface area contributed by atoms with Crippen LogP contribution in [0.1, 0.15) is 17.3 Å². The number of nitrogens with one attached hydrogen (secondary N) is 1. The van der Waals surface area contributed by atoms with Gasteiger partial charge in [0.05, 0.1) is 11.9 Å². The van der Waals surface area contributed by atoms with Crippen LogP contribution in [0.4, 0.5) is 0 Å². The second-order valence-electron chi connectivity index (χ2n) is 4.50. The molecule has 7 heteroatoms. The minimum Gasteiger partial charge on any atom is -0.480 e. The Morgan fingerprint density at radius 1 is 1.19 bits per heavy atom. The number of aromatic nitrogens is 1. The van der Waals surface area contributed by atoms with Crippen LogP contribution in [-0.2, 0) is 15.5 Å². The minimum atomic E-state index is -3.86. The van der Waals surface area contributed by atoms with Crippen LogP contribution in [0.5, 0.6) is 0 Å². The van der Waals surface area contributed by atoms with E-state index in [9.17, 15) is 19.4 Å². The van der Waals surface area contributed by atoms with E-state index in [1.54, 1.807) is 42.5 Å². The number of rotatable bonds is 6. The summed E-state index contributed by atoms with van der Waals surface area (Å²) in [6.45, 7) is 0. The molecule has 1 heterocycles. The first kappa shape index (κ1) is 15.4. The maximum Gasteiger partial charge on any atom is 0.327 e. The molecule has 2 atom stereocenters. The van der Waals surface area contributed by atoms with E-state index in [1.165, 1.54) is 12.3 Å². The highest BCUT2D eigenvalue weighted by Gasteiger charge is 2.29. The highest BCUT2D eigenvalue weighted by Crippen LogP contribution is 2.42. The van der Waals surface area contributed by atoms with Gasteiger partial charge in [0, 0.05) is 6.20 Å². The number of nitrogens with zero attached hydrogens (tertiary/aromatic N) is 1. The SMILES string of the molecule is O=C(O)C(NP(=O)(O)Cc1ccccc1)c1ccccn1. The van der Waals surface area contributed by atoms with Crippen LogP contribution >= 0.6 is 7.52 Å². The molecule has 0 spiro atoms. The fourth-order valence-electron chi connectivity index (χ4n) is 1.87. The summed E-state index contributed by atoms with van der Waals surface area (Å²) in [5.74, 6) is -1.25. The standard InChI is InChI=1S/C14H15N2O4P/c17-14(18)13(12-8-4-5-9-15-12)16-21(19,20)10-11-6-2-1-3-7-11/h1-9,13H,10H2,(H,17,18)(H2,16,19,20). The van der Waals surface area contributed by atoms with Gasteiger partial charge in [-0.2, -0.15) is 0 Å². The Kier molecular flexibility index (Phi) is 4.85. The molecule has 1 aromatic heterocycles. The third kappa shape index (κ3) is 4.49. The smallest absolute Gasteiger partial charge is 0.327 e. The maximum atomic E-state index is 12.2. The molecule has 2 rings (SSSR count). The molecule has 21 heavy (non-hydrogen) atoms. The summed E-state index contributed by atoms with van der Waals surface area (Å²) < 4.78 is 12.2. The Hall–Kier alpha value is -2.01. The molecule has 0 aliphatic heterocycles. The third-order valence-electron chi connectivity index (χ3n) is 2.80. The highest BCUT2D eigenvalue weighted by molar-refractivity contribution is 7.55. The van der Waals surface area contributed by atoms with E-state index in [-0.39, 0.29) is 11.9 Å². The summed E-state index contributed by atoms with van der Waals surface area (Å²) in [7, 11) is -3.86. The molecule has 3 N–H and O–H groups in total. The number of carboxylic acids is 1. The second-order valence-corrected chi connectivity index (χ2v) is 6.48.